The quantitative estimate of drug-likeness (QED) is 0.525. The van der Waals surface area contributed by atoms with Gasteiger partial charge in [-0.1, -0.05) is 44.2 Å². The van der Waals surface area contributed by atoms with E-state index in [1.807, 2.05) is 50.4 Å². The largest absolute Gasteiger partial charge is 0.445 e. The molecule has 0 fully saturated rings. The first-order valence-corrected chi connectivity index (χ1v) is 11.4. The number of hydrogen-bond acceptors (Lipinski definition) is 6. The Morgan fingerprint density at radius 2 is 2.00 bits per heavy atom. The van der Waals surface area contributed by atoms with Crippen molar-refractivity contribution < 1.29 is 23.9 Å². The van der Waals surface area contributed by atoms with Crippen LogP contribution in [0.15, 0.2) is 42.7 Å². The van der Waals surface area contributed by atoms with Crippen molar-refractivity contribution >= 4 is 23.7 Å². The second-order valence-corrected chi connectivity index (χ2v) is 8.72. The minimum absolute atomic E-state index is 0.0671. The minimum atomic E-state index is -1.02. The van der Waals surface area contributed by atoms with Crippen molar-refractivity contribution in [2.45, 2.75) is 58.3 Å². The summed E-state index contributed by atoms with van der Waals surface area (Å²) < 4.78 is 6.94. The zero-order valence-corrected chi connectivity index (χ0v) is 19.5. The summed E-state index contributed by atoms with van der Waals surface area (Å²) in [4.78, 5) is 50.5. The smallest absolute Gasteiger partial charge is 0.408 e. The van der Waals surface area contributed by atoms with Crippen molar-refractivity contribution in [3.63, 3.8) is 0 Å². The van der Waals surface area contributed by atoms with Crippen LogP contribution in [0.4, 0.5) is 4.79 Å². The summed E-state index contributed by atoms with van der Waals surface area (Å²) in [6.45, 7) is 4.59. The van der Waals surface area contributed by atoms with Gasteiger partial charge in [-0.25, -0.2) is 4.79 Å². The van der Waals surface area contributed by atoms with Crippen LogP contribution in [0.1, 0.15) is 37.8 Å². The van der Waals surface area contributed by atoms with Crippen LogP contribution >= 0.6 is 0 Å². The molecule has 2 aromatic rings. The Morgan fingerprint density at radius 3 is 2.74 bits per heavy atom. The Morgan fingerprint density at radius 1 is 1.24 bits per heavy atom. The summed E-state index contributed by atoms with van der Waals surface area (Å²) in [5.41, 5.74) is 1.72. The molecule has 1 aliphatic rings. The standard InChI is InChI=1S/C24H31N5O5/c1-16(2)12-20(28-24(33)34-15-17-6-4-3-5-7-17)22(31)27-19-9-8-18-13-26-29(14-18)11-10-25-23(32)21(19)30/h3-7,13-14,16,19-20H,8-12,15H2,1-2H3,(H,25,32)(H,27,31)(H,28,33). The van der Waals surface area contributed by atoms with Gasteiger partial charge in [-0.2, -0.15) is 5.10 Å². The molecule has 3 rings (SSSR count). The summed E-state index contributed by atoms with van der Waals surface area (Å²) in [7, 11) is 0. The highest BCUT2D eigenvalue weighted by Gasteiger charge is 2.31. The fraction of sp³-hybridized carbons (Fsp3) is 0.458. The van der Waals surface area contributed by atoms with Gasteiger partial charge in [-0.15, -0.1) is 0 Å². The lowest BCUT2D eigenvalue weighted by Gasteiger charge is -2.23. The van der Waals surface area contributed by atoms with Crippen LogP contribution < -0.4 is 16.0 Å². The molecule has 0 saturated carbocycles. The van der Waals surface area contributed by atoms with E-state index >= 15 is 0 Å². The van der Waals surface area contributed by atoms with E-state index in [0.29, 0.717) is 19.4 Å². The van der Waals surface area contributed by atoms with Crippen LogP contribution in [0.2, 0.25) is 0 Å². The molecule has 2 unspecified atom stereocenters. The van der Waals surface area contributed by atoms with Crippen LogP contribution in [0.3, 0.4) is 0 Å². The average molecular weight is 470 g/mol. The number of ketones is 1. The number of ether oxygens (including phenoxy) is 1. The van der Waals surface area contributed by atoms with Crippen molar-refractivity contribution in [2.24, 2.45) is 5.92 Å². The SMILES string of the molecule is CC(C)CC(NC(=O)OCc1ccccc1)C(=O)NC1CCc2cnn(c2)CCNC(=O)C1=O. The zero-order chi connectivity index (χ0) is 24.5. The normalized spacial score (nSPS) is 17.3. The van der Waals surface area contributed by atoms with Crippen molar-refractivity contribution in [1.29, 1.82) is 0 Å². The van der Waals surface area contributed by atoms with Gasteiger partial charge in [0.15, 0.2) is 0 Å². The molecule has 1 aromatic heterocycles. The maximum absolute atomic E-state index is 13.1. The highest BCUT2D eigenvalue weighted by atomic mass is 16.5. The number of nitrogens with one attached hydrogen (secondary N) is 3. The lowest BCUT2D eigenvalue weighted by Crippen LogP contribution is -2.54. The first kappa shape index (κ1) is 24.9. The number of fused-ring (bicyclic) bond motifs is 2. The molecule has 2 heterocycles. The average Bonchev–Trinajstić information content (AvgIpc) is 3.26. The van der Waals surface area contributed by atoms with Gasteiger partial charge in [-0.3, -0.25) is 19.1 Å². The Balaban J connectivity index is 1.65. The van der Waals surface area contributed by atoms with Gasteiger partial charge in [0.25, 0.3) is 5.91 Å². The number of aromatic nitrogens is 2. The van der Waals surface area contributed by atoms with Gasteiger partial charge in [0, 0.05) is 12.7 Å². The highest BCUT2D eigenvalue weighted by Crippen LogP contribution is 2.10. The van der Waals surface area contributed by atoms with Gasteiger partial charge < -0.3 is 20.7 Å². The van der Waals surface area contributed by atoms with Crippen LogP contribution in [0, 0.1) is 5.92 Å². The van der Waals surface area contributed by atoms with Crippen LogP contribution in [0.25, 0.3) is 0 Å². The van der Waals surface area contributed by atoms with Gasteiger partial charge in [0.2, 0.25) is 11.7 Å². The fourth-order valence-corrected chi connectivity index (χ4v) is 3.65. The van der Waals surface area contributed by atoms with Crippen LogP contribution in [-0.4, -0.2) is 52.1 Å². The lowest BCUT2D eigenvalue weighted by atomic mass is 10.00. The molecule has 34 heavy (non-hydrogen) atoms. The van der Waals surface area contributed by atoms with E-state index in [-0.39, 0.29) is 25.5 Å². The molecular formula is C24H31N5O5. The molecule has 3 amide bonds. The summed E-state index contributed by atoms with van der Waals surface area (Å²) in [5, 5.41) is 12.1. The summed E-state index contributed by atoms with van der Waals surface area (Å²) in [5.74, 6) is -1.92. The van der Waals surface area contributed by atoms with E-state index < -0.39 is 35.8 Å². The van der Waals surface area contributed by atoms with E-state index in [1.54, 1.807) is 10.9 Å². The molecule has 0 spiro atoms. The maximum atomic E-state index is 13.1. The Bertz CT molecular complexity index is 1000. The molecule has 3 N–H and O–H groups in total. The van der Waals surface area contributed by atoms with Crippen molar-refractivity contribution in [1.82, 2.24) is 25.7 Å². The van der Waals surface area contributed by atoms with Gasteiger partial charge >= 0.3 is 6.09 Å². The summed E-state index contributed by atoms with van der Waals surface area (Å²) >= 11 is 0. The number of hydrogen-bond donors (Lipinski definition) is 3. The van der Waals surface area contributed by atoms with Crippen LogP contribution in [0.5, 0.6) is 0 Å². The van der Waals surface area contributed by atoms with Gasteiger partial charge in [-0.05, 0) is 36.3 Å². The number of Topliss-reactive ketones (excluding diaryl/α,β-unsaturated/α-hetero) is 1. The summed E-state index contributed by atoms with van der Waals surface area (Å²) in [6.07, 6.45) is 3.86. The number of amides is 3. The monoisotopic (exact) mass is 469 g/mol. The van der Waals surface area contributed by atoms with Gasteiger partial charge in [0.05, 0.1) is 18.8 Å². The Kier molecular flexibility index (Phi) is 8.78. The molecule has 2 atom stereocenters. The maximum Gasteiger partial charge on any atom is 0.408 e. The second kappa shape index (κ2) is 12.0. The molecule has 2 bridgehead atoms. The number of carbonyl (C=O) groups excluding carboxylic acids is 4. The molecule has 182 valence electrons. The predicted molar refractivity (Wildman–Crippen MR) is 124 cm³/mol. The third-order valence-corrected chi connectivity index (χ3v) is 5.42. The minimum Gasteiger partial charge on any atom is -0.445 e. The third kappa shape index (κ3) is 7.43. The highest BCUT2D eigenvalue weighted by molar-refractivity contribution is 6.38. The zero-order valence-electron chi connectivity index (χ0n) is 19.5. The van der Waals surface area contributed by atoms with Crippen molar-refractivity contribution in [3.05, 3.63) is 53.9 Å². The third-order valence-electron chi connectivity index (χ3n) is 5.42. The molecule has 0 radical (unpaired) electrons. The molecule has 10 heteroatoms. The van der Waals surface area contributed by atoms with Gasteiger partial charge in [0.1, 0.15) is 12.6 Å². The first-order chi connectivity index (χ1) is 16.3. The van der Waals surface area contributed by atoms with Crippen LogP contribution in [-0.2, 0) is 38.7 Å². The number of benzene rings is 1. The Labute approximate surface area is 198 Å². The number of aryl methyl sites for hydroxylation is 1. The van der Waals surface area contributed by atoms with E-state index in [2.05, 4.69) is 21.0 Å². The second-order valence-electron chi connectivity index (χ2n) is 8.72. The van der Waals surface area contributed by atoms with E-state index in [4.69, 9.17) is 4.74 Å². The van der Waals surface area contributed by atoms with Crippen molar-refractivity contribution in [2.75, 3.05) is 6.54 Å². The number of rotatable bonds is 7. The van der Waals surface area contributed by atoms with E-state index in [9.17, 15) is 19.2 Å². The molecular weight excluding hydrogens is 438 g/mol. The Hall–Kier alpha value is -3.69. The van der Waals surface area contributed by atoms with Crippen molar-refractivity contribution in [3.8, 4) is 0 Å². The lowest BCUT2D eigenvalue weighted by molar-refractivity contribution is -0.140. The molecule has 0 saturated heterocycles. The fourth-order valence-electron chi connectivity index (χ4n) is 3.65. The first-order valence-electron chi connectivity index (χ1n) is 11.4. The number of nitrogens with zero attached hydrogens (tertiary/aromatic N) is 2. The van der Waals surface area contributed by atoms with E-state index in [0.717, 1.165) is 11.1 Å². The molecule has 10 nitrogen and oxygen atoms in total. The molecule has 0 aliphatic carbocycles. The molecule has 1 aliphatic heterocycles. The topological polar surface area (TPSA) is 131 Å². The van der Waals surface area contributed by atoms with E-state index in [1.165, 1.54) is 0 Å². The predicted octanol–water partition coefficient (Wildman–Crippen LogP) is 1.34. The number of alkyl carbamates (subject to hydrolysis) is 1. The molecule has 1 aromatic carbocycles. The summed E-state index contributed by atoms with van der Waals surface area (Å²) in [6, 6.07) is 7.25. The number of carbonyl (C=O) groups is 4.